The number of amides is 1. The van der Waals surface area contributed by atoms with Crippen LogP contribution < -0.4 is 10.6 Å². The van der Waals surface area contributed by atoms with E-state index < -0.39 is 11.7 Å². The van der Waals surface area contributed by atoms with Crippen LogP contribution in [-0.2, 0) is 17.5 Å². The van der Waals surface area contributed by atoms with Gasteiger partial charge in [-0.15, -0.1) is 12.4 Å². The van der Waals surface area contributed by atoms with Crippen LogP contribution in [0.5, 0.6) is 0 Å². The number of halogens is 4. The molecule has 1 aliphatic heterocycles. The molecule has 0 radical (unpaired) electrons. The highest BCUT2D eigenvalue weighted by Gasteiger charge is 2.34. The van der Waals surface area contributed by atoms with E-state index in [1.54, 1.807) is 32.9 Å². The molecule has 1 saturated heterocycles. The van der Waals surface area contributed by atoms with E-state index in [9.17, 15) is 18.0 Å². The standard InChI is InChI=1S/C19H23F3N4O.ClH/c1-11-6-12(2)26(25-11)16-5-4-14(17(7-16)19(20,21)22)10-24-18(27)13(3)15-8-23-9-15;/h4-7,13,15,23H,8-10H2,1-3H3,(H,24,27);1H. The molecule has 9 heteroatoms. The molecule has 154 valence electrons. The van der Waals surface area contributed by atoms with Crippen molar-refractivity contribution >= 4 is 18.3 Å². The Bertz CT molecular complexity index is 846. The third-order valence-corrected chi connectivity index (χ3v) is 5.04. The second-order valence-electron chi connectivity index (χ2n) is 7.10. The first-order valence-electron chi connectivity index (χ1n) is 8.89. The van der Waals surface area contributed by atoms with E-state index in [2.05, 4.69) is 15.7 Å². The molecule has 0 bridgehead atoms. The molecule has 3 rings (SSSR count). The zero-order valence-electron chi connectivity index (χ0n) is 15.9. The Kier molecular flexibility index (Phi) is 6.77. The minimum absolute atomic E-state index is 0. The van der Waals surface area contributed by atoms with E-state index in [4.69, 9.17) is 0 Å². The van der Waals surface area contributed by atoms with Gasteiger partial charge in [-0.25, -0.2) is 4.68 Å². The summed E-state index contributed by atoms with van der Waals surface area (Å²) in [7, 11) is 0. The van der Waals surface area contributed by atoms with Crippen molar-refractivity contribution < 1.29 is 18.0 Å². The van der Waals surface area contributed by atoms with Gasteiger partial charge in [-0.05, 0) is 56.6 Å². The molecule has 0 spiro atoms. The highest BCUT2D eigenvalue weighted by Crippen LogP contribution is 2.33. The lowest BCUT2D eigenvalue weighted by Gasteiger charge is -2.31. The van der Waals surface area contributed by atoms with Crippen LogP contribution in [0.25, 0.3) is 5.69 Å². The lowest BCUT2D eigenvalue weighted by Crippen LogP contribution is -2.49. The van der Waals surface area contributed by atoms with Gasteiger partial charge in [-0.3, -0.25) is 4.79 Å². The summed E-state index contributed by atoms with van der Waals surface area (Å²) < 4.78 is 42.2. The normalized spacial score (nSPS) is 15.5. The topological polar surface area (TPSA) is 59.0 Å². The molecule has 1 aromatic heterocycles. The van der Waals surface area contributed by atoms with Gasteiger partial charge in [0.25, 0.3) is 0 Å². The van der Waals surface area contributed by atoms with Crippen molar-refractivity contribution in [2.24, 2.45) is 11.8 Å². The molecule has 0 saturated carbocycles. The Morgan fingerprint density at radius 1 is 1.32 bits per heavy atom. The van der Waals surface area contributed by atoms with Gasteiger partial charge in [0.15, 0.2) is 0 Å². The fourth-order valence-electron chi connectivity index (χ4n) is 3.23. The van der Waals surface area contributed by atoms with E-state index in [0.717, 1.165) is 30.5 Å². The Hall–Kier alpha value is -2.06. The van der Waals surface area contributed by atoms with Gasteiger partial charge in [0.1, 0.15) is 0 Å². The zero-order valence-corrected chi connectivity index (χ0v) is 16.7. The monoisotopic (exact) mass is 416 g/mol. The van der Waals surface area contributed by atoms with Crippen molar-refractivity contribution in [3.8, 4) is 5.69 Å². The Morgan fingerprint density at radius 2 is 2.00 bits per heavy atom. The van der Waals surface area contributed by atoms with E-state index in [1.807, 2.05) is 0 Å². The first-order valence-corrected chi connectivity index (χ1v) is 8.89. The highest BCUT2D eigenvalue weighted by molar-refractivity contribution is 5.85. The first-order chi connectivity index (χ1) is 12.7. The van der Waals surface area contributed by atoms with Gasteiger partial charge < -0.3 is 10.6 Å². The molecule has 1 aromatic carbocycles. The van der Waals surface area contributed by atoms with Crippen molar-refractivity contribution in [2.45, 2.75) is 33.5 Å². The molecule has 2 aromatic rings. The van der Waals surface area contributed by atoms with Crippen LogP contribution in [0.15, 0.2) is 24.3 Å². The summed E-state index contributed by atoms with van der Waals surface area (Å²) in [5, 5.41) is 9.98. The third kappa shape index (κ3) is 4.67. The minimum atomic E-state index is -4.52. The van der Waals surface area contributed by atoms with E-state index in [1.165, 1.54) is 10.7 Å². The molecular formula is C19H24ClF3N4O. The Balaban J connectivity index is 0.00000280. The van der Waals surface area contributed by atoms with E-state index in [0.29, 0.717) is 5.69 Å². The molecule has 1 unspecified atom stereocenters. The van der Waals surface area contributed by atoms with E-state index in [-0.39, 0.29) is 42.3 Å². The minimum Gasteiger partial charge on any atom is -0.352 e. The fourth-order valence-corrected chi connectivity index (χ4v) is 3.23. The Morgan fingerprint density at radius 3 is 2.50 bits per heavy atom. The van der Waals surface area contributed by atoms with Crippen LogP contribution in [-0.4, -0.2) is 28.8 Å². The van der Waals surface area contributed by atoms with Gasteiger partial charge in [0.05, 0.1) is 16.9 Å². The first kappa shape index (κ1) is 22.2. The number of alkyl halides is 3. The molecule has 1 fully saturated rings. The largest absolute Gasteiger partial charge is 0.416 e. The number of aromatic nitrogens is 2. The Labute approximate surface area is 168 Å². The summed E-state index contributed by atoms with van der Waals surface area (Å²) in [4.78, 5) is 12.2. The molecule has 28 heavy (non-hydrogen) atoms. The second kappa shape index (κ2) is 8.53. The second-order valence-corrected chi connectivity index (χ2v) is 7.10. The summed E-state index contributed by atoms with van der Waals surface area (Å²) in [5.74, 6) is -0.215. The predicted octanol–water partition coefficient (Wildman–Crippen LogP) is 3.40. The molecule has 1 aliphatic rings. The van der Waals surface area contributed by atoms with Gasteiger partial charge in [0, 0.05) is 18.2 Å². The van der Waals surface area contributed by atoms with Crippen molar-refractivity contribution in [1.82, 2.24) is 20.4 Å². The number of benzene rings is 1. The maximum Gasteiger partial charge on any atom is 0.416 e. The molecule has 2 N–H and O–H groups in total. The number of nitrogens with zero attached hydrogens (tertiary/aromatic N) is 2. The average Bonchev–Trinajstić information content (AvgIpc) is 2.88. The lowest BCUT2D eigenvalue weighted by molar-refractivity contribution is -0.138. The van der Waals surface area contributed by atoms with Gasteiger partial charge in [-0.1, -0.05) is 13.0 Å². The van der Waals surface area contributed by atoms with Crippen LogP contribution >= 0.6 is 12.4 Å². The highest BCUT2D eigenvalue weighted by atomic mass is 35.5. The van der Waals surface area contributed by atoms with Crippen LogP contribution in [0, 0.1) is 25.7 Å². The number of aryl methyl sites for hydroxylation is 2. The van der Waals surface area contributed by atoms with Crippen LogP contribution in [0.1, 0.15) is 29.4 Å². The van der Waals surface area contributed by atoms with E-state index >= 15 is 0 Å². The molecule has 0 aliphatic carbocycles. The zero-order chi connectivity index (χ0) is 19.8. The molecular weight excluding hydrogens is 393 g/mol. The SMILES string of the molecule is Cc1cc(C)n(-c2ccc(CNC(=O)C(C)C3CNC3)c(C(F)(F)F)c2)n1.Cl. The van der Waals surface area contributed by atoms with Crippen molar-refractivity contribution in [1.29, 1.82) is 0 Å². The summed E-state index contributed by atoms with van der Waals surface area (Å²) in [6, 6.07) is 5.89. The number of carbonyl (C=O) groups excluding carboxylic acids is 1. The maximum absolute atomic E-state index is 13.6. The van der Waals surface area contributed by atoms with Crippen molar-refractivity contribution in [3.05, 3.63) is 46.8 Å². The summed E-state index contributed by atoms with van der Waals surface area (Å²) in [5.41, 5.74) is 1.12. The predicted molar refractivity (Wildman–Crippen MR) is 103 cm³/mol. The van der Waals surface area contributed by atoms with Crippen LogP contribution in [0.2, 0.25) is 0 Å². The number of hydrogen-bond donors (Lipinski definition) is 2. The number of carbonyl (C=O) groups is 1. The average molecular weight is 417 g/mol. The van der Waals surface area contributed by atoms with Crippen LogP contribution in [0.4, 0.5) is 13.2 Å². The number of hydrogen-bond acceptors (Lipinski definition) is 3. The quantitative estimate of drug-likeness (QED) is 0.785. The third-order valence-electron chi connectivity index (χ3n) is 5.04. The summed E-state index contributed by atoms with van der Waals surface area (Å²) >= 11 is 0. The molecule has 5 nitrogen and oxygen atoms in total. The van der Waals surface area contributed by atoms with Crippen LogP contribution in [0.3, 0.4) is 0 Å². The maximum atomic E-state index is 13.6. The lowest BCUT2D eigenvalue weighted by atomic mass is 9.88. The van der Waals surface area contributed by atoms with Crippen molar-refractivity contribution in [3.63, 3.8) is 0 Å². The smallest absolute Gasteiger partial charge is 0.352 e. The summed E-state index contributed by atoms with van der Waals surface area (Å²) in [6.45, 7) is 6.75. The summed E-state index contributed by atoms with van der Waals surface area (Å²) in [6.07, 6.45) is -4.52. The van der Waals surface area contributed by atoms with Gasteiger partial charge in [0.2, 0.25) is 5.91 Å². The van der Waals surface area contributed by atoms with Crippen molar-refractivity contribution in [2.75, 3.05) is 13.1 Å². The van der Waals surface area contributed by atoms with Gasteiger partial charge >= 0.3 is 6.18 Å². The molecule has 1 atom stereocenters. The fraction of sp³-hybridized carbons (Fsp3) is 0.474. The van der Waals surface area contributed by atoms with Gasteiger partial charge in [-0.2, -0.15) is 18.3 Å². The molecule has 1 amide bonds. The number of nitrogens with one attached hydrogen (secondary N) is 2. The number of rotatable bonds is 5. The molecule has 2 heterocycles.